The normalized spacial score (nSPS) is 16.9. The van der Waals surface area contributed by atoms with Crippen molar-refractivity contribution in [3.8, 4) is 0 Å². The smallest absolute Gasteiger partial charge is 0.312 e. The number of nitrogens with one attached hydrogen (secondary N) is 3. The number of ketones is 3. The Morgan fingerprint density at radius 3 is 1.96 bits per heavy atom. The van der Waals surface area contributed by atoms with Crippen LogP contribution >= 0.6 is 0 Å². The maximum absolute atomic E-state index is 14.5. The minimum atomic E-state index is -0.812. The van der Waals surface area contributed by atoms with Gasteiger partial charge in [-0.25, -0.2) is 4.79 Å². The van der Waals surface area contributed by atoms with Gasteiger partial charge in [0.05, 0.1) is 42.8 Å². The van der Waals surface area contributed by atoms with E-state index in [0.29, 0.717) is 45.1 Å². The van der Waals surface area contributed by atoms with Crippen LogP contribution in [0.3, 0.4) is 0 Å². The molecule has 7 unspecified atom stereocenters. The number of likely N-dealkylation sites (tertiary alicyclic amines) is 1. The molecule has 1 saturated heterocycles. The summed E-state index contributed by atoms with van der Waals surface area (Å²) in [6.45, 7) is 14.1. The topological polar surface area (TPSA) is 270 Å². The average Bonchev–Trinajstić information content (AvgIpc) is 3.92. The molecule has 0 bridgehead atoms. The van der Waals surface area contributed by atoms with Crippen molar-refractivity contribution >= 4 is 52.9 Å². The summed E-state index contributed by atoms with van der Waals surface area (Å²) in [6.07, 6.45) is 1.75. The first-order valence-electron chi connectivity index (χ1n) is 27.8. The molecule has 2 aromatic carbocycles. The third-order valence-electron chi connectivity index (χ3n) is 15.5. The number of carbonyl (C=O) groups excluding carboxylic acids is 9. The van der Waals surface area contributed by atoms with Crippen LogP contribution in [0.4, 0.5) is 4.79 Å². The highest BCUT2D eigenvalue weighted by Crippen LogP contribution is 2.32. The summed E-state index contributed by atoms with van der Waals surface area (Å²) in [7, 11) is 7.71. The van der Waals surface area contributed by atoms with E-state index in [-0.39, 0.29) is 92.2 Å². The van der Waals surface area contributed by atoms with Gasteiger partial charge in [-0.2, -0.15) is 0 Å². The fraction of sp³-hybridized carbons (Fsp3) is 0.644. The number of nitrogens with two attached hydrogens (primary N) is 2. The van der Waals surface area contributed by atoms with Crippen LogP contribution in [0.1, 0.15) is 117 Å². The number of primary amides is 1. The molecule has 0 aliphatic carbocycles. The van der Waals surface area contributed by atoms with Gasteiger partial charge >= 0.3 is 6.03 Å². The zero-order valence-electron chi connectivity index (χ0n) is 48.5. The van der Waals surface area contributed by atoms with Crippen molar-refractivity contribution < 1.29 is 52.6 Å². The summed E-state index contributed by atoms with van der Waals surface area (Å²) in [4.78, 5) is 125. The molecular weight excluding hydrogens is 997 g/mol. The van der Waals surface area contributed by atoms with Gasteiger partial charge in [0, 0.05) is 92.0 Å². The summed E-state index contributed by atoms with van der Waals surface area (Å²) >= 11 is 0. The van der Waals surface area contributed by atoms with E-state index in [1.54, 1.807) is 23.8 Å². The Balaban J connectivity index is 1.73. The third-order valence-corrected chi connectivity index (χ3v) is 15.5. The quantitative estimate of drug-likeness (QED) is 0.0481. The summed E-state index contributed by atoms with van der Waals surface area (Å²) in [5.41, 5.74) is 13.8. The van der Waals surface area contributed by atoms with Crippen molar-refractivity contribution in [1.29, 1.82) is 0 Å². The standard InChI is InChI=1S/C59H92N8O11/c1-13-38(6)53(66(10)57(74)44(36(2)3)34-49(70)58(75)65(8)9)50(77-11)35-51(71)67-30-18-22-46(67)54(78-12)39(7)47(68)33-43(31-41-19-15-14-16-20-41)55(72)62-29-27-40-23-25-42(26-24-40)32-48(69)45(21-17-28-63-59(61)76)64-56(73)52(60)37(4)5/h14-16,19-20,23-26,36-39,43-46,50,52-54H,13,17-18,21-22,27-35,60H2,1-12H3,(H,62,72)(H,64,73)(H3,61,63,76)/t38?,39?,43-,44+,45?,46?,50?,52-,53?,54?/m1/s1. The molecule has 7 N–H and O–H groups in total. The molecular formula is C59H92N8O11. The van der Waals surface area contributed by atoms with Crippen molar-refractivity contribution in [2.24, 2.45) is 47.0 Å². The molecule has 19 heteroatoms. The van der Waals surface area contributed by atoms with Crippen molar-refractivity contribution in [2.45, 2.75) is 155 Å². The Kier molecular flexibility index (Phi) is 27.8. The van der Waals surface area contributed by atoms with Crippen LogP contribution in [0.5, 0.6) is 0 Å². The van der Waals surface area contributed by atoms with Gasteiger partial charge in [0.1, 0.15) is 5.78 Å². The van der Waals surface area contributed by atoms with E-state index in [1.165, 1.54) is 33.2 Å². The Bertz CT molecular complexity index is 2290. The summed E-state index contributed by atoms with van der Waals surface area (Å²) < 4.78 is 12.1. The van der Waals surface area contributed by atoms with Crippen LogP contribution in [0, 0.1) is 35.5 Å². The SMILES string of the molecule is CCC(C)C(C(CC(=O)N1CCCC1C(OC)C(C)C(=O)C[C@@H](Cc1ccccc1)C(=O)NCCc1ccc(CC(=O)C(CCCNC(N)=O)NC(=O)[C@H](N)C(C)C)cc1)OC)N(C)C(=O)[C@@H](CC(=O)C(=O)N(C)C)C(C)C. The van der Waals surface area contributed by atoms with Crippen molar-refractivity contribution in [3.63, 3.8) is 0 Å². The number of hydrogen-bond acceptors (Lipinski definition) is 12. The highest BCUT2D eigenvalue weighted by atomic mass is 16.5. The van der Waals surface area contributed by atoms with E-state index in [2.05, 4.69) is 16.0 Å². The highest BCUT2D eigenvalue weighted by Gasteiger charge is 2.43. The van der Waals surface area contributed by atoms with E-state index in [9.17, 15) is 43.2 Å². The number of methoxy groups -OCH3 is 2. The van der Waals surface area contributed by atoms with Gasteiger partial charge < -0.3 is 51.6 Å². The second-order valence-corrected chi connectivity index (χ2v) is 22.1. The molecule has 0 aromatic heterocycles. The zero-order chi connectivity index (χ0) is 58.4. The minimum Gasteiger partial charge on any atom is -0.379 e. The Labute approximate surface area is 463 Å². The molecule has 19 nitrogen and oxygen atoms in total. The first kappa shape index (κ1) is 66.2. The van der Waals surface area contributed by atoms with Crippen LogP contribution < -0.4 is 27.4 Å². The molecule has 1 heterocycles. The number of likely N-dealkylation sites (N-methyl/N-ethyl adjacent to an activating group) is 2. The van der Waals surface area contributed by atoms with E-state index < -0.39 is 77.8 Å². The lowest BCUT2D eigenvalue weighted by molar-refractivity contribution is -0.150. The van der Waals surface area contributed by atoms with Gasteiger partial charge in [0.15, 0.2) is 5.78 Å². The third kappa shape index (κ3) is 20.0. The molecule has 1 fully saturated rings. The summed E-state index contributed by atoms with van der Waals surface area (Å²) in [5, 5.41) is 8.34. The lowest BCUT2D eigenvalue weighted by Gasteiger charge is -2.40. The average molecular weight is 1090 g/mol. The molecule has 78 heavy (non-hydrogen) atoms. The maximum Gasteiger partial charge on any atom is 0.312 e. The van der Waals surface area contributed by atoms with Crippen molar-refractivity contribution in [1.82, 2.24) is 30.7 Å². The Morgan fingerprint density at radius 2 is 1.40 bits per heavy atom. The van der Waals surface area contributed by atoms with E-state index >= 15 is 0 Å². The highest BCUT2D eigenvalue weighted by molar-refractivity contribution is 6.36. The number of benzene rings is 2. The monoisotopic (exact) mass is 1090 g/mol. The van der Waals surface area contributed by atoms with Gasteiger partial charge in [-0.3, -0.25) is 38.4 Å². The predicted molar refractivity (Wildman–Crippen MR) is 299 cm³/mol. The molecule has 0 saturated carbocycles. The number of amides is 7. The van der Waals surface area contributed by atoms with Crippen molar-refractivity contribution in [3.05, 3.63) is 71.3 Å². The maximum atomic E-state index is 14.5. The second-order valence-electron chi connectivity index (χ2n) is 22.1. The minimum absolute atomic E-state index is 0.0531. The van der Waals surface area contributed by atoms with Crippen LogP contribution in [-0.2, 0) is 67.1 Å². The van der Waals surface area contributed by atoms with E-state index in [0.717, 1.165) is 16.7 Å². The number of nitrogens with zero attached hydrogens (tertiary/aromatic N) is 3. The summed E-state index contributed by atoms with van der Waals surface area (Å²) in [6, 6.07) is 13.7. The van der Waals surface area contributed by atoms with Gasteiger partial charge in [-0.1, -0.05) is 109 Å². The van der Waals surface area contributed by atoms with Crippen LogP contribution in [0.25, 0.3) is 0 Å². The van der Waals surface area contributed by atoms with Gasteiger partial charge in [0.25, 0.3) is 5.91 Å². The van der Waals surface area contributed by atoms with Gasteiger partial charge in [0.2, 0.25) is 29.4 Å². The molecule has 10 atom stereocenters. The fourth-order valence-corrected chi connectivity index (χ4v) is 10.4. The number of Topliss-reactive ketones (excluding diaryl/α,β-unsaturated/α-hetero) is 3. The van der Waals surface area contributed by atoms with E-state index in [4.69, 9.17) is 20.9 Å². The number of urea groups is 1. The fourth-order valence-electron chi connectivity index (χ4n) is 10.4. The molecule has 2 aromatic rings. The Hall–Kier alpha value is -6.05. The lowest BCUT2D eigenvalue weighted by atomic mass is 9.85. The van der Waals surface area contributed by atoms with Gasteiger partial charge in [-0.05, 0) is 73.0 Å². The summed E-state index contributed by atoms with van der Waals surface area (Å²) in [5.74, 6) is -5.54. The first-order valence-corrected chi connectivity index (χ1v) is 27.8. The molecule has 1 aliphatic heterocycles. The number of hydrogen-bond donors (Lipinski definition) is 5. The molecule has 434 valence electrons. The van der Waals surface area contributed by atoms with E-state index in [1.807, 2.05) is 96.1 Å². The van der Waals surface area contributed by atoms with Crippen LogP contribution in [0.15, 0.2) is 54.6 Å². The molecule has 0 radical (unpaired) electrons. The molecule has 7 amide bonds. The second kappa shape index (κ2) is 32.8. The lowest BCUT2D eigenvalue weighted by Crippen LogP contribution is -2.54. The molecule has 3 rings (SSSR count). The van der Waals surface area contributed by atoms with Crippen molar-refractivity contribution in [2.75, 3.05) is 55.0 Å². The molecule has 1 aliphatic rings. The van der Waals surface area contributed by atoms with Crippen LogP contribution in [-0.4, -0.2) is 159 Å². The zero-order valence-corrected chi connectivity index (χ0v) is 48.5. The predicted octanol–water partition coefficient (Wildman–Crippen LogP) is 4.43. The number of rotatable bonds is 34. The Morgan fingerprint density at radius 1 is 0.756 bits per heavy atom. The first-order chi connectivity index (χ1) is 36.9. The number of carbonyl (C=O) groups is 9. The molecule has 0 spiro atoms. The largest absolute Gasteiger partial charge is 0.379 e. The van der Waals surface area contributed by atoms with Crippen LogP contribution in [0.2, 0.25) is 0 Å². The van der Waals surface area contributed by atoms with Gasteiger partial charge in [-0.15, -0.1) is 0 Å². The number of ether oxygens (including phenoxy) is 2.